The van der Waals surface area contributed by atoms with Crippen LogP contribution in [0.5, 0.6) is 0 Å². The van der Waals surface area contributed by atoms with Gasteiger partial charge in [-0.2, -0.15) is 0 Å². The van der Waals surface area contributed by atoms with Gasteiger partial charge in [0.25, 0.3) is 0 Å². The van der Waals surface area contributed by atoms with Crippen LogP contribution >= 0.6 is 0 Å². The van der Waals surface area contributed by atoms with Crippen LogP contribution in [0.3, 0.4) is 0 Å². The third-order valence-corrected chi connectivity index (χ3v) is 6.89. The van der Waals surface area contributed by atoms with Crippen LogP contribution in [0.4, 0.5) is 0 Å². The lowest BCUT2D eigenvalue weighted by Crippen LogP contribution is -2.48. The van der Waals surface area contributed by atoms with Crippen molar-refractivity contribution in [3.63, 3.8) is 0 Å². The zero-order chi connectivity index (χ0) is 14.8. The largest absolute Gasteiger partial charge is 0.327 e. The summed E-state index contributed by atoms with van der Waals surface area (Å²) in [6.07, 6.45) is 11.4. The zero-order valence-electron chi connectivity index (χ0n) is 14.3. The van der Waals surface area contributed by atoms with Crippen LogP contribution in [0.15, 0.2) is 0 Å². The van der Waals surface area contributed by atoms with Crippen LogP contribution in [-0.2, 0) is 0 Å². The Labute approximate surface area is 131 Å². The molecule has 3 fully saturated rings. The molecule has 0 bridgehead atoms. The molecule has 1 saturated heterocycles. The Bertz CT molecular complexity index is 328. The summed E-state index contributed by atoms with van der Waals surface area (Å²) >= 11 is 0. The normalized spacial score (nSPS) is 42.0. The van der Waals surface area contributed by atoms with Gasteiger partial charge >= 0.3 is 0 Å². The molecule has 0 spiro atoms. The molecule has 2 aliphatic carbocycles. The zero-order valence-corrected chi connectivity index (χ0v) is 14.3. The van der Waals surface area contributed by atoms with Gasteiger partial charge in [-0.25, -0.2) is 0 Å². The lowest BCUT2D eigenvalue weighted by atomic mass is 9.72. The molecule has 21 heavy (non-hydrogen) atoms. The molecule has 3 aliphatic rings. The van der Waals surface area contributed by atoms with Crippen molar-refractivity contribution in [1.82, 2.24) is 4.90 Å². The molecular weight excluding hydrogens is 256 g/mol. The van der Waals surface area contributed by atoms with E-state index in [4.69, 9.17) is 5.73 Å². The minimum Gasteiger partial charge on any atom is -0.327 e. The summed E-state index contributed by atoms with van der Waals surface area (Å²) in [5, 5.41) is 0. The van der Waals surface area contributed by atoms with Gasteiger partial charge in [-0.05, 0) is 68.2 Å². The molecule has 0 aromatic rings. The average molecular weight is 293 g/mol. The molecular formula is C19H36N2. The van der Waals surface area contributed by atoms with Crippen LogP contribution in [0.1, 0.15) is 65.2 Å². The van der Waals surface area contributed by atoms with Crippen molar-refractivity contribution in [2.45, 2.75) is 71.3 Å². The maximum atomic E-state index is 6.46. The van der Waals surface area contributed by atoms with E-state index in [0.717, 1.165) is 29.6 Å². The molecule has 0 aromatic carbocycles. The first-order chi connectivity index (χ1) is 10.1. The van der Waals surface area contributed by atoms with Crippen molar-refractivity contribution in [2.75, 3.05) is 19.6 Å². The van der Waals surface area contributed by atoms with E-state index in [0.29, 0.717) is 6.04 Å². The van der Waals surface area contributed by atoms with Crippen molar-refractivity contribution in [3.8, 4) is 0 Å². The topological polar surface area (TPSA) is 29.3 Å². The molecule has 0 amide bonds. The summed E-state index contributed by atoms with van der Waals surface area (Å²) in [4.78, 5) is 2.78. The molecule has 2 heteroatoms. The first-order valence-corrected chi connectivity index (χ1v) is 9.61. The first kappa shape index (κ1) is 15.8. The minimum atomic E-state index is 0.462. The molecule has 2 nitrogen and oxygen atoms in total. The van der Waals surface area contributed by atoms with Crippen LogP contribution < -0.4 is 5.73 Å². The number of likely N-dealkylation sites (tertiary alicyclic amines) is 1. The molecule has 2 saturated carbocycles. The Morgan fingerprint density at radius 2 is 1.76 bits per heavy atom. The third-order valence-electron chi connectivity index (χ3n) is 6.89. The van der Waals surface area contributed by atoms with Crippen molar-refractivity contribution in [1.29, 1.82) is 0 Å². The highest BCUT2D eigenvalue weighted by molar-refractivity contribution is 4.89. The molecule has 0 radical (unpaired) electrons. The van der Waals surface area contributed by atoms with E-state index in [1.54, 1.807) is 0 Å². The van der Waals surface area contributed by atoms with Crippen LogP contribution in [0, 0.1) is 29.6 Å². The SMILES string of the molecule is CC(C)C1CCC(N)C(CN2CCC3CCCCC3C2)C1. The minimum absolute atomic E-state index is 0.462. The molecule has 0 aromatic heterocycles. The second kappa shape index (κ2) is 7.00. The van der Waals surface area contributed by atoms with E-state index < -0.39 is 0 Å². The van der Waals surface area contributed by atoms with Gasteiger partial charge in [0.2, 0.25) is 0 Å². The molecule has 3 rings (SSSR count). The summed E-state index contributed by atoms with van der Waals surface area (Å²) in [5.41, 5.74) is 6.46. The smallest absolute Gasteiger partial charge is 0.00795 e. The Morgan fingerprint density at radius 1 is 1.00 bits per heavy atom. The fraction of sp³-hybridized carbons (Fsp3) is 1.00. The highest BCUT2D eigenvalue weighted by Gasteiger charge is 2.35. The van der Waals surface area contributed by atoms with Gasteiger partial charge in [-0.15, -0.1) is 0 Å². The second-order valence-electron chi connectivity index (χ2n) is 8.59. The van der Waals surface area contributed by atoms with Crippen LogP contribution in [0.2, 0.25) is 0 Å². The fourth-order valence-electron chi connectivity index (χ4n) is 5.31. The number of nitrogens with zero attached hydrogens (tertiary/aromatic N) is 1. The summed E-state index contributed by atoms with van der Waals surface area (Å²) in [6, 6.07) is 0.462. The van der Waals surface area contributed by atoms with E-state index >= 15 is 0 Å². The van der Waals surface area contributed by atoms with Crippen molar-refractivity contribution in [2.24, 2.45) is 35.3 Å². The Morgan fingerprint density at radius 3 is 2.52 bits per heavy atom. The number of piperidine rings is 1. The van der Waals surface area contributed by atoms with Gasteiger partial charge in [0.05, 0.1) is 0 Å². The summed E-state index contributed by atoms with van der Waals surface area (Å²) in [5.74, 6) is 4.57. The van der Waals surface area contributed by atoms with Crippen molar-refractivity contribution < 1.29 is 0 Å². The molecule has 5 atom stereocenters. The lowest BCUT2D eigenvalue weighted by molar-refractivity contribution is 0.0583. The molecule has 1 aliphatic heterocycles. The van der Waals surface area contributed by atoms with Gasteiger partial charge < -0.3 is 10.6 Å². The van der Waals surface area contributed by atoms with Crippen molar-refractivity contribution >= 4 is 0 Å². The van der Waals surface area contributed by atoms with Crippen LogP contribution in [0.25, 0.3) is 0 Å². The first-order valence-electron chi connectivity index (χ1n) is 9.61. The van der Waals surface area contributed by atoms with Gasteiger partial charge in [-0.1, -0.05) is 33.1 Å². The standard InChI is InChI=1S/C19H36N2/c1-14(2)16-7-8-19(20)18(11-16)13-21-10-9-15-5-3-4-6-17(15)12-21/h14-19H,3-13,20H2,1-2H3. The summed E-state index contributed by atoms with van der Waals surface area (Å²) in [7, 11) is 0. The van der Waals surface area contributed by atoms with Gasteiger partial charge in [0.1, 0.15) is 0 Å². The Hall–Kier alpha value is -0.0800. The lowest BCUT2D eigenvalue weighted by Gasteiger charge is -2.44. The summed E-state index contributed by atoms with van der Waals surface area (Å²) < 4.78 is 0. The van der Waals surface area contributed by atoms with E-state index in [1.807, 2.05) is 0 Å². The van der Waals surface area contributed by atoms with E-state index in [-0.39, 0.29) is 0 Å². The third kappa shape index (κ3) is 3.82. The van der Waals surface area contributed by atoms with Crippen molar-refractivity contribution in [3.05, 3.63) is 0 Å². The number of nitrogens with two attached hydrogens (primary N) is 1. The van der Waals surface area contributed by atoms with Gasteiger partial charge in [0.15, 0.2) is 0 Å². The van der Waals surface area contributed by atoms with Gasteiger partial charge in [0, 0.05) is 19.1 Å². The quantitative estimate of drug-likeness (QED) is 0.855. The molecule has 5 unspecified atom stereocenters. The number of hydrogen-bond acceptors (Lipinski definition) is 2. The number of hydrogen-bond donors (Lipinski definition) is 1. The highest BCUT2D eigenvalue weighted by atomic mass is 15.1. The molecule has 2 N–H and O–H groups in total. The molecule has 1 heterocycles. The number of fused-ring (bicyclic) bond motifs is 1. The van der Waals surface area contributed by atoms with Crippen LogP contribution in [-0.4, -0.2) is 30.6 Å². The highest BCUT2D eigenvalue weighted by Crippen LogP contribution is 2.38. The van der Waals surface area contributed by atoms with Gasteiger partial charge in [-0.3, -0.25) is 0 Å². The van der Waals surface area contributed by atoms with E-state index in [2.05, 4.69) is 18.7 Å². The Kier molecular flexibility index (Phi) is 5.27. The number of rotatable bonds is 3. The Balaban J connectivity index is 1.53. The monoisotopic (exact) mass is 292 g/mol. The fourth-order valence-corrected chi connectivity index (χ4v) is 5.31. The maximum absolute atomic E-state index is 6.46. The predicted molar refractivity (Wildman–Crippen MR) is 90.1 cm³/mol. The predicted octanol–water partition coefficient (Wildman–Crippen LogP) is 3.90. The van der Waals surface area contributed by atoms with E-state index in [1.165, 1.54) is 71.0 Å². The maximum Gasteiger partial charge on any atom is 0.00795 e. The second-order valence-corrected chi connectivity index (χ2v) is 8.59. The average Bonchev–Trinajstić information content (AvgIpc) is 2.49. The van der Waals surface area contributed by atoms with E-state index in [9.17, 15) is 0 Å². The summed E-state index contributed by atoms with van der Waals surface area (Å²) in [6.45, 7) is 8.79. The molecule has 122 valence electrons.